The Labute approximate surface area is 103 Å². The molecule has 0 saturated carbocycles. The normalized spacial score (nSPS) is 11.9. The summed E-state index contributed by atoms with van der Waals surface area (Å²) in [5.74, 6) is 0.903. The zero-order valence-electron chi connectivity index (χ0n) is 9.31. The molecule has 6 heteroatoms. The van der Waals surface area contributed by atoms with Gasteiger partial charge in [-0.15, -0.1) is 0 Å². The lowest BCUT2D eigenvalue weighted by molar-refractivity contribution is 0.671. The molecule has 1 atom stereocenters. The molecule has 0 aliphatic carbocycles. The third-order valence-corrected chi connectivity index (χ3v) is 2.49. The molecular formula is C10H14BrN5. The third kappa shape index (κ3) is 3.35. The van der Waals surface area contributed by atoms with Gasteiger partial charge in [0.1, 0.15) is 10.4 Å². The monoisotopic (exact) mass is 283 g/mol. The van der Waals surface area contributed by atoms with Gasteiger partial charge in [0.2, 0.25) is 5.95 Å². The molecule has 2 N–H and O–H groups in total. The van der Waals surface area contributed by atoms with Crippen LogP contribution in [0.15, 0.2) is 10.7 Å². The van der Waals surface area contributed by atoms with Crippen molar-refractivity contribution in [2.24, 2.45) is 5.92 Å². The fourth-order valence-electron chi connectivity index (χ4n) is 1.29. The van der Waals surface area contributed by atoms with E-state index in [2.05, 4.69) is 32.0 Å². The molecule has 0 aliphatic heterocycles. The predicted octanol–water partition coefficient (Wildman–Crippen LogP) is 1.81. The van der Waals surface area contributed by atoms with Gasteiger partial charge >= 0.3 is 0 Å². The van der Waals surface area contributed by atoms with Gasteiger partial charge in [0.25, 0.3) is 0 Å². The maximum Gasteiger partial charge on any atom is 0.228 e. The Morgan fingerprint density at radius 3 is 2.81 bits per heavy atom. The van der Waals surface area contributed by atoms with Crippen LogP contribution in [0.5, 0.6) is 0 Å². The number of rotatable bonds is 4. The quantitative estimate of drug-likeness (QED) is 0.853. The highest BCUT2D eigenvalue weighted by Crippen LogP contribution is 2.16. The van der Waals surface area contributed by atoms with Crippen LogP contribution in [0, 0.1) is 17.2 Å². The summed E-state index contributed by atoms with van der Waals surface area (Å²) in [4.78, 5) is 10.3. The molecule has 0 bridgehead atoms. The van der Waals surface area contributed by atoms with Crippen molar-refractivity contribution in [3.63, 3.8) is 0 Å². The summed E-state index contributed by atoms with van der Waals surface area (Å²) in [6, 6.07) is 3.83. The van der Waals surface area contributed by atoms with Crippen molar-refractivity contribution in [3.8, 4) is 6.07 Å². The molecule has 0 aliphatic rings. The van der Waals surface area contributed by atoms with Crippen molar-refractivity contribution >= 4 is 27.7 Å². The highest BCUT2D eigenvalue weighted by Gasteiger charge is 2.12. The van der Waals surface area contributed by atoms with Gasteiger partial charge in [-0.25, -0.2) is 4.98 Å². The van der Waals surface area contributed by atoms with Crippen molar-refractivity contribution in [2.45, 2.75) is 13.8 Å². The van der Waals surface area contributed by atoms with Crippen LogP contribution >= 0.6 is 15.9 Å². The molecule has 16 heavy (non-hydrogen) atoms. The molecule has 0 fully saturated rings. The van der Waals surface area contributed by atoms with E-state index < -0.39 is 0 Å². The van der Waals surface area contributed by atoms with Crippen molar-refractivity contribution in [1.82, 2.24) is 9.97 Å². The minimum absolute atomic E-state index is 0.0660. The third-order valence-electron chi connectivity index (χ3n) is 2.08. The second-order valence-corrected chi connectivity index (χ2v) is 4.30. The van der Waals surface area contributed by atoms with E-state index >= 15 is 0 Å². The number of halogens is 1. The van der Waals surface area contributed by atoms with E-state index in [0.29, 0.717) is 22.9 Å². The largest absolute Gasteiger partial charge is 0.383 e. The minimum Gasteiger partial charge on any atom is -0.383 e. The molecule has 0 amide bonds. The zero-order valence-corrected chi connectivity index (χ0v) is 10.9. The average molecular weight is 284 g/mol. The Morgan fingerprint density at radius 2 is 2.31 bits per heavy atom. The van der Waals surface area contributed by atoms with Gasteiger partial charge in [0.15, 0.2) is 0 Å². The number of anilines is 2. The molecule has 1 rings (SSSR count). The van der Waals surface area contributed by atoms with Crippen LogP contribution in [0.1, 0.15) is 13.8 Å². The summed E-state index contributed by atoms with van der Waals surface area (Å²) < 4.78 is 0.651. The molecule has 0 saturated heterocycles. The number of nitrogens with zero attached hydrogens (tertiary/aromatic N) is 4. The summed E-state index contributed by atoms with van der Waals surface area (Å²) in [5, 5.41) is 8.78. The molecular weight excluding hydrogens is 270 g/mol. The van der Waals surface area contributed by atoms with Crippen molar-refractivity contribution in [2.75, 3.05) is 23.7 Å². The minimum atomic E-state index is -0.0660. The highest BCUT2D eigenvalue weighted by atomic mass is 79.9. The van der Waals surface area contributed by atoms with Crippen molar-refractivity contribution in [1.29, 1.82) is 5.26 Å². The average Bonchev–Trinajstić information content (AvgIpc) is 2.24. The number of nitrogens with two attached hydrogens (primary N) is 1. The summed E-state index contributed by atoms with van der Waals surface area (Å²) in [5.41, 5.74) is 5.64. The number of aromatic nitrogens is 2. The van der Waals surface area contributed by atoms with E-state index in [1.807, 2.05) is 18.7 Å². The Hall–Kier alpha value is -1.35. The number of nitriles is 1. The molecule has 5 nitrogen and oxygen atoms in total. The van der Waals surface area contributed by atoms with Crippen molar-refractivity contribution < 1.29 is 0 Å². The van der Waals surface area contributed by atoms with E-state index in [4.69, 9.17) is 11.0 Å². The number of nitrogen functional groups attached to an aromatic ring is 1. The fraction of sp³-hybridized carbons (Fsp3) is 0.500. The van der Waals surface area contributed by atoms with Gasteiger partial charge in [-0.2, -0.15) is 10.2 Å². The van der Waals surface area contributed by atoms with Crippen LogP contribution in [0.4, 0.5) is 11.8 Å². The maximum absolute atomic E-state index is 8.78. The van der Waals surface area contributed by atoms with Crippen LogP contribution in [-0.2, 0) is 0 Å². The SMILES string of the molecule is CCN(CC(C)C#N)c1nc(N)cc(Br)n1. The molecule has 1 aromatic heterocycles. The van der Waals surface area contributed by atoms with Crippen LogP contribution in [0.3, 0.4) is 0 Å². The van der Waals surface area contributed by atoms with Crippen LogP contribution in [-0.4, -0.2) is 23.1 Å². The standard InChI is InChI=1S/C10H14BrN5/c1-3-16(6-7(2)5-12)10-14-8(11)4-9(13)15-10/h4,7H,3,6H2,1-2H3,(H2,13,14,15). The van der Waals surface area contributed by atoms with E-state index in [0.717, 1.165) is 6.54 Å². The molecule has 1 heterocycles. The Kier molecular flexibility index (Phi) is 4.50. The number of hydrogen-bond donors (Lipinski definition) is 1. The fourth-order valence-corrected chi connectivity index (χ4v) is 1.68. The maximum atomic E-state index is 8.78. The van der Waals surface area contributed by atoms with Crippen LogP contribution in [0.25, 0.3) is 0 Å². The van der Waals surface area contributed by atoms with Crippen LogP contribution < -0.4 is 10.6 Å². The first-order chi connectivity index (χ1) is 7.56. The molecule has 1 aromatic rings. The summed E-state index contributed by atoms with van der Waals surface area (Å²) in [6.07, 6.45) is 0. The first kappa shape index (κ1) is 12.7. The van der Waals surface area contributed by atoms with E-state index in [1.54, 1.807) is 6.07 Å². The summed E-state index contributed by atoms with van der Waals surface area (Å²) >= 11 is 3.27. The van der Waals surface area contributed by atoms with Gasteiger partial charge in [0, 0.05) is 19.2 Å². The molecule has 0 radical (unpaired) electrons. The highest BCUT2D eigenvalue weighted by molar-refractivity contribution is 9.10. The lowest BCUT2D eigenvalue weighted by Crippen LogP contribution is -2.29. The lowest BCUT2D eigenvalue weighted by Gasteiger charge is -2.21. The van der Waals surface area contributed by atoms with Gasteiger partial charge in [-0.1, -0.05) is 0 Å². The number of hydrogen-bond acceptors (Lipinski definition) is 5. The zero-order chi connectivity index (χ0) is 12.1. The van der Waals surface area contributed by atoms with E-state index in [-0.39, 0.29) is 5.92 Å². The van der Waals surface area contributed by atoms with Gasteiger partial charge in [-0.3, -0.25) is 0 Å². The Balaban J connectivity index is 2.91. The lowest BCUT2D eigenvalue weighted by atomic mass is 10.2. The molecule has 1 unspecified atom stereocenters. The van der Waals surface area contributed by atoms with Gasteiger partial charge in [0.05, 0.1) is 12.0 Å². The van der Waals surface area contributed by atoms with E-state index in [1.165, 1.54) is 0 Å². The molecule has 86 valence electrons. The van der Waals surface area contributed by atoms with E-state index in [9.17, 15) is 0 Å². The van der Waals surface area contributed by atoms with Crippen LogP contribution in [0.2, 0.25) is 0 Å². The Bertz CT molecular complexity index is 380. The van der Waals surface area contributed by atoms with Crippen molar-refractivity contribution in [3.05, 3.63) is 10.7 Å². The summed E-state index contributed by atoms with van der Waals surface area (Å²) in [6.45, 7) is 5.19. The summed E-state index contributed by atoms with van der Waals surface area (Å²) in [7, 11) is 0. The predicted molar refractivity (Wildman–Crippen MR) is 66.8 cm³/mol. The second-order valence-electron chi connectivity index (χ2n) is 3.48. The first-order valence-electron chi connectivity index (χ1n) is 5.01. The molecule has 0 aromatic carbocycles. The molecule has 0 spiro atoms. The second kappa shape index (κ2) is 5.66. The topological polar surface area (TPSA) is 78.8 Å². The van der Waals surface area contributed by atoms with Gasteiger partial charge in [-0.05, 0) is 29.8 Å². The smallest absolute Gasteiger partial charge is 0.228 e. The Morgan fingerprint density at radius 1 is 1.62 bits per heavy atom. The van der Waals surface area contributed by atoms with Gasteiger partial charge < -0.3 is 10.6 Å². The first-order valence-corrected chi connectivity index (χ1v) is 5.80.